The molecule has 0 bridgehead atoms. The van der Waals surface area contributed by atoms with Crippen molar-refractivity contribution in [3.63, 3.8) is 0 Å². The summed E-state index contributed by atoms with van der Waals surface area (Å²) in [6.45, 7) is 1.60. The van der Waals surface area contributed by atoms with Crippen molar-refractivity contribution < 1.29 is 0 Å². The largest absolute Gasteiger partial charge is 0.312 e. The minimum absolute atomic E-state index is 0.0381. The van der Waals surface area contributed by atoms with Crippen molar-refractivity contribution in [2.45, 2.75) is 38.3 Å². The first kappa shape index (κ1) is 11.0. The van der Waals surface area contributed by atoms with Gasteiger partial charge in [-0.05, 0) is 37.5 Å². The SMILES string of the molecule is O=c1ccncn1CCNC(C1CC1)C1CC1. The van der Waals surface area contributed by atoms with E-state index in [4.69, 9.17) is 0 Å². The van der Waals surface area contributed by atoms with Crippen LogP contribution in [0.5, 0.6) is 0 Å². The number of nitrogens with zero attached hydrogens (tertiary/aromatic N) is 2. The van der Waals surface area contributed by atoms with E-state index in [1.165, 1.54) is 31.7 Å². The van der Waals surface area contributed by atoms with E-state index in [0.29, 0.717) is 6.04 Å². The van der Waals surface area contributed by atoms with Crippen LogP contribution in [0.25, 0.3) is 0 Å². The molecule has 1 aromatic heterocycles. The van der Waals surface area contributed by atoms with Gasteiger partial charge in [0.2, 0.25) is 0 Å². The van der Waals surface area contributed by atoms with Gasteiger partial charge in [-0.2, -0.15) is 0 Å². The van der Waals surface area contributed by atoms with Gasteiger partial charge in [0.05, 0.1) is 6.33 Å². The lowest BCUT2D eigenvalue weighted by atomic mass is 10.1. The Labute approximate surface area is 101 Å². The van der Waals surface area contributed by atoms with Crippen molar-refractivity contribution in [2.75, 3.05) is 6.54 Å². The molecule has 1 aromatic rings. The molecule has 4 heteroatoms. The Morgan fingerprint density at radius 2 is 2.06 bits per heavy atom. The number of hydrogen-bond donors (Lipinski definition) is 1. The predicted molar refractivity (Wildman–Crippen MR) is 65.7 cm³/mol. The average Bonchev–Trinajstić information content (AvgIpc) is 3.18. The average molecular weight is 233 g/mol. The molecule has 0 aromatic carbocycles. The maximum atomic E-state index is 11.5. The Hall–Kier alpha value is -1.16. The van der Waals surface area contributed by atoms with Crippen LogP contribution >= 0.6 is 0 Å². The normalized spacial score (nSPS) is 19.8. The topological polar surface area (TPSA) is 46.9 Å². The van der Waals surface area contributed by atoms with Gasteiger partial charge in [0.25, 0.3) is 5.56 Å². The summed E-state index contributed by atoms with van der Waals surface area (Å²) < 4.78 is 1.67. The monoisotopic (exact) mass is 233 g/mol. The molecule has 2 saturated carbocycles. The van der Waals surface area contributed by atoms with E-state index in [2.05, 4.69) is 10.3 Å². The van der Waals surface area contributed by atoms with Crippen molar-refractivity contribution in [1.29, 1.82) is 0 Å². The van der Waals surface area contributed by atoms with Crippen LogP contribution in [0.15, 0.2) is 23.4 Å². The van der Waals surface area contributed by atoms with E-state index < -0.39 is 0 Å². The fourth-order valence-corrected chi connectivity index (χ4v) is 2.53. The van der Waals surface area contributed by atoms with Crippen LogP contribution < -0.4 is 10.9 Å². The molecular formula is C13H19N3O. The van der Waals surface area contributed by atoms with Crippen LogP contribution in [0.4, 0.5) is 0 Å². The molecule has 17 heavy (non-hydrogen) atoms. The second-order valence-corrected chi connectivity index (χ2v) is 5.27. The fraction of sp³-hybridized carbons (Fsp3) is 0.692. The van der Waals surface area contributed by atoms with Gasteiger partial charge in [0.1, 0.15) is 0 Å². The summed E-state index contributed by atoms with van der Waals surface area (Å²) in [6, 6.07) is 2.22. The highest BCUT2D eigenvalue weighted by Gasteiger charge is 2.40. The lowest BCUT2D eigenvalue weighted by molar-refractivity contribution is 0.404. The van der Waals surface area contributed by atoms with E-state index in [1.54, 1.807) is 17.1 Å². The molecule has 0 amide bonds. The van der Waals surface area contributed by atoms with Crippen molar-refractivity contribution >= 4 is 0 Å². The van der Waals surface area contributed by atoms with Crippen LogP contribution in [0.3, 0.4) is 0 Å². The zero-order valence-corrected chi connectivity index (χ0v) is 10.0. The van der Waals surface area contributed by atoms with Crippen LogP contribution in [0.2, 0.25) is 0 Å². The van der Waals surface area contributed by atoms with Gasteiger partial charge in [0, 0.05) is 31.4 Å². The maximum Gasteiger partial charge on any atom is 0.253 e. The molecule has 0 aliphatic heterocycles. The van der Waals surface area contributed by atoms with Gasteiger partial charge in [-0.1, -0.05) is 0 Å². The summed E-state index contributed by atoms with van der Waals surface area (Å²) in [6.07, 6.45) is 8.72. The lowest BCUT2D eigenvalue weighted by Gasteiger charge is -2.17. The molecule has 92 valence electrons. The highest BCUT2D eigenvalue weighted by Crippen LogP contribution is 2.44. The number of rotatable bonds is 6. The van der Waals surface area contributed by atoms with E-state index >= 15 is 0 Å². The Morgan fingerprint density at radius 1 is 1.35 bits per heavy atom. The van der Waals surface area contributed by atoms with Gasteiger partial charge >= 0.3 is 0 Å². The Morgan fingerprint density at radius 3 is 2.65 bits per heavy atom. The van der Waals surface area contributed by atoms with Crippen LogP contribution in [0.1, 0.15) is 25.7 Å². The Bertz CT molecular complexity index is 422. The molecule has 2 fully saturated rings. The molecule has 0 spiro atoms. The minimum Gasteiger partial charge on any atom is -0.312 e. The van der Waals surface area contributed by atoms with Gasteiger partial charge < -0.3 is 5.32 Å². The summed E-state index contributed by atoms with van der Waals surface area (Å²) in [5.74, 6) is 1.82. The summed E-state index contributed by atoms with van der Waals surface area (Å²) in [4.78, 5) is 15.5. The molecule has 0 unspecified atom stereocenters. The van der Waals surface area contributed by atoms with Gasteiger partial charge in [0.15, 0.2) is 0 Å². The summed E-state index contributed by atoms with van der Waals surface area (Å²) in [7, 11) is 0. The third-order valence-electron chi connectivity index (χ3n) is 3.78. The maximum absolute atomic E-state index is 11.5. The Kier molecular flexibility index (Phi) is 2.97. The standard InChI is InChI=1S/C13H19N3O/c17-12-5-6-14-9-16(12)8-7-15-13(10-1-2-10)11-3-4-11/h5-6,9-11,13,15H,1-4,7-8H2. The highest BCUT2D eigenvalue weighted by atomic mass is 16.1. The lowest BCUT2D eigenvalue weighted by Crippen LogP contribution is -2.36. The van der Waals surface area contributed by atoms with Gasteiger partial charge in [-0.25, -0.2) is 4.98 Å². The molecule has 2 aliphatic carbocycles. The van der Waals surface area contributed by atoms with Crippen LogP contribution in [-0.2, 0) is 6.54 Å². The molecule has 0 radical (unpaired) electrons. The number of aromatic nitrogens is 2. The minimum atomic E-state index is 0.0381. The molecule has 1 heterocycles. The third-order valence-corrected chi connectivity index (χ3v) is 3.78. The first-order valence-corrected chi connectivity index (χ1v) is 6.58. The molecular weight excluding hydrogens is 214 g/mol. The number of nitrogens with one attached hydrogen (secondary N) is 1. The molecule has 4 nitrogen and oxygen atoms in total. The Balaban J connectivity index is 1.51. The predicted octanol–water partition coefficient (Wildman–Crippen LogP) is 1.02. The van der Waals surface area contributed by atoms with Crippen molar-refractivity contribution in [1.82, 2.24) is 14.9 Å². The van der Waals surface area contributed by atoms with E-state index in [1.807, 2.05) is 0 Å². The zero-order chi connectivity index (χ0) is 11.7. The summed E-state index contributed by atoms with van der Waals surface area (Å²) in [5.41, 5.74) is 0.0381. The van der Waals surface area contributed by atoms with E-state index in [-0.39, 0.29) is 5.56 Å². The zero-order valence-electron chi connectivity index (χ0n) is 10.0. The first-order chi connectivity index (χ1) is 8.34. The third kappa shape index (κ3) is 2.75. The van der Waals surface area contributed by atoms with Crippen molar-refractivity contribution in [3.05, 3.63) is 28.9 Å². The van der Waals surface area contributed by atoms with Crippen molar-refractivity contribution in [3.8, 4) is 0 Å². The summed E-state index contributed by atoms with van der Waals surface area (Å²) >= 11 is 0. The van der Waals surface area contributed by atoms with E-state index in [0.717, 1.165) is 24.9 Å². The first-order valence-electron chi connectivity index (χ1n) is 6.58. The van der Waals surface area contributed by atoms with E-state index in [9.17, 15) is 4.79 Å². The fourth-order valence-electron chi connectivity index (χ4n) is 2.53. The molecule has 0 saturated heterocycles. The molecule has 0 atom stereocenters. The van der Waals surface area contributed by atoms with Gasteiger partial charge in [-0.15, -0.1) is 0 Å². The molecule has 1 N–H and O–H groups in total. The second kappa shape index (κ2) is 4.61. The van der Waals surface area contributed by atoms with Crippen LogP contribution in [0, 0.1) is 11.8 Å². The molecule has 2 aliphatic rings. The summed E-state index contributed by atoms with van der Waals surface area (Å²) in [5, 5.41) is 3.63. The smallest absolute Gasteiger partial charge is 0.253 e. The quantitative estimate of drug-likeness (QED) is 0.798. The number of hydrogen-bond acceptors (Lipinski definition) is 3. The van der Waals surface area contributed by atoms with Crippen LogP contribution in [-0.4, -0.2) is 22.1 Å². The second-order valence-electron chi connectivity index (χ2n) is 5.27. The van der Waals surface area contributed by atoms with Gasteiger partial charge in [-0.3, -0.25) is 9.36 Å². The highest BCUT2D eigenvalue weighted by molar-refractivity contribution is 4.96. The van der Waals surface area contributed by atoms with Crippen molar-refractivity contribution in [2.24, 2.45) is 11.8 Å². The molecule has 3 rings (SSSR count).